The van der Waals surface area contributed by atoms with Crippen LogP contribution in [0.5, 0.6) is 0 Å². The minimum atomic E-state index is -0.643. The van der Waals surface area contributed by atoms with E-state index in [9.17, 15) is 4.79 Å². The summed E-state index contributed by atoms with van der Waals surface area (Å²) >= 11 is 0. The molecule has 0 heterocycles. The Kier molecular flexibility index (Phi) is 10.0. The molecule has 0 rings (SSSR count). The molecule has 3 heteroatoms. The van der Waals surface area contributed by atoms with Crippen molar-refractivity contribution < 1.29 is 9.90 Å². The molecular weight excluding hydrogens is 201 g/mol. The second kappa shape index (κ2) is 8.11. The molecule has 0 saturated heterocycles. The fraction of sp³-hybridized carbons (Fsp3) is 0.875. The number of hydrogen-bond acceptors (Lipinski definition) is 1. The molecule has 0 aromatic rings. The van der Waals surface area contributed by atoms with Gasteiger partial charge in [0.05, 0.1) is 5.92 Å². The molecule has 1 unspecified atom stereocenters. The minimum absolute atomic E-state index is 0. The molecule has 0 bridgehead atoms. The second-order valence-electron chi connectivity index (χ2n) is 2.59. The van der Waals surface area contributed by atoms with Crippen molar-refractivity contribution in [1.29, 1.82) is 0 Å². The van der Waals surface area contributed by atoms with Crippen molar-refractivity contribution in [3.63, 3.8) is 0 Å². The Morgan fingerprint density at radius 2 is 2.00 bits per heavy atom. The van der Waals surface area contributed by atoms with Crippen molar-refractivity contribution in [3.8, 4) is 0 Å². The maximum Gasteiger partial charge on any atom is 0.306 e. The summed E-state index contributed by atoms with van der Waals surface area (Å²) in [6, 6.07) is 0. The van der Waals surface area contributed by atoms with Gasteiger partial charge in [0.15, 0.2) is 0 Å². The molecule has 1 N–H and O–H groups in total. The Bertz CT molecular complexity index is 104. The van der Waals surface area contributed by atoms with E-state index in [2.05, 4.69) is 6.92 Å². The summed E-state index contributed by atoms with van der Waals surface area (Å²) in [5, 5.41) is 8.60. The Morgan fingerprint density at radius 1 is 1.45 bits per heavy atom. The van der Waals surface area contributed by atoms with Gasteiger partial charge in [0.1, 0.15) is 0 Å². The molecule has 0 aliphatic heterocycles. The third-order valence-electron chi connectivity index (χ3n) is 1.75. The van der Waals surface area contributed by atoms with E-state index in [4.69, 9.17) is 5.11 Å². The molecule has 11 heavy (non-hydrogen) atoms. The zero-order valence-electron chi connectivity index (χ0n) is 7.26. The summed E-state index contributed by atoms with van der Waals surface area (Å²) in [5.74, 6) is -0.754. The molecule has 4 radical (unpaired) electrons. The van der Waals surface area contributed by atoms with Gasteiger partial charge in [-0.3, -0.25) is 4.79 Å². The van der Waals surface area contributed by atoms with Gasteiger partial charge < -0.3 is 5.11 Å². The van der Waals surface area contributed by atoms with E-state index in [1.54, 1.807) is 0 Å². The van der Waals surface area contributed by atoms with Gasteiger partial charge in [-0.1, -0.05) is 26.7 Å². The summed E-state index contributed by atoms with van der Waals surface area (Å²) in [7, 11) is 0. The first-order valence-corrected chi connectivity index (χ1v) is 3.95. The van der Waals surface area contributed by atoms with E-state index >= 15 is 0 Å². The van der Waals surface area contributed by atoms with Crippen LogP contribution in [0.4, 0.5) is 0 Å². The minimum Gasteiger partial charge on any atom is -0.481 e. The summed E-state index contributed by atoms with van der Waals surface area (Å²) in [5.41, 5.74) is 0. The Hall–Kier alpha value is 0.0129. The predicted octanol–water partition coefficient (Wildman–Crippen LogP) is 1.91. The number of hydrogen-bond donors (Lipinski definition) is 1. The summed E-state index contributed by atoms with van der Waals surface area (Å²) in [6.45, 7) is 4.00. The number of carbonyl (C=O) groups is 1. The second-order valence-corrected chi connectivity index (χ2v) is 2.59. The molecule has 64 valence electrons. The first-order chi connectivity index (χ1) is 4.72. The van der Waals surface area contributed by atoms with Gasteiger partial charge in [-0.15, -0.1) is 0 Å². The number of aliphatic carboxylic acids is 1. The van der Waals surface area contributed by atoms with Crippen LogP contribution >= 0.6 is 0 Å². The van der Waals surface area contributed by atoms with Crippen LogP contribution < -0.4 is 0 Å². The predicted molar refractivity (Wildman–Crippen MR) is 46.7 cm³/mol. The van der Waals surface area contributed by atoms with Crippen molar-refractivity contribution in [2.24, 2.45) is 5.92 Å². The van der Waals surface area contributed by atoms with Gasteiger partial charge in [-0.05, 0) is 12.8 Å². The topological polar surface area (TPSA) is 37.3 Å². The van der Waals surface area contributed by atoms with Crippen molar-refractivity contribution in [2.75, 3.05) is 0 Å². The van der Waals surface area contributed by atoms with Crippen LogP contribution in [0.2, 0.25) is 0 Å². The largest absolute Gasteiger partial charge is 0.481 e. The SMILES string of the molecule is CCCCC(CC)C(=O)O.[Ge]. The quantitative estimate of drug-likeness (QED) is 0.713. The van der Waals surface area contributed by atoms with Gasteiger partial charge in [0.2, 0.25) is 0 Å². The van der Waals surface area contributed by atoms with Gasteiger partial charge in [-0.2, -0.15) is 0 Å². The zero-order chi connectivity index (χ0) is 7.98. The van der Waals surface area contributed by atoms with E-state index in [0.717, 1.165) is 25.7 Å². The third-order valence-corrected chi connectivity index (χ3v) is 1.75. The van der Waals surface area contributed by atoms with E-state index in [-0.39, 0.29) is 23.5 Å². The molecule has 0 aliphatic rings. The number of rotatable bonds is 5. The van der Waals surface area contributed by atoms with Crippen LogP contribution in [0.15, 0.2) is 0 Å². The standard InChI is InChI=1S/C8H16O2.Ge/c1-3-5-6-7(4-2)8(9)10;/h7H,3-6H2,1-2H3,(H,9,10);. The van der Waals surface area contributed by atoms with Crippen LogP contribution in [-0.2, 0) is 4.79 Å². The summed E-state index contributed by atoms with van der Waals surface area (Å²) < 4.78 is 0. The van der Waals surface area contributed by atoms with Gasteiger partial charge in [0, 0.05) is 17.6 Å². The van der Waals surface area contributed by atoms with Crippen LogP contribution in [0.3, 0.4) is 0 Å². The Labute approximate surface area is 79.3 Å². The van der Waals surface area contributed by atoms with Crippen molar-refractivity contribution in [1.82, 2.24) is 0 Å². The fourth-order valence-electron chi connectivity index (χ4n) is 0.953. The van der Waals surface area contributed by atoms with E-state index in [1.165, 1.54) is 0 Å². The molecular formula is C8H16GeO2. The Balaban J connectivity index is 0. The molecule has 0 aromatic heterocycles. The maximum atomic E-state index is 10.4. The summed E-state index contributed by atoms with van der Waals surface area (Å²) in [6.07, 6.45) is 3.71. The molecule has 0 saturated carbocycles. The van der Waals surface area contributed by atoms with Gasteiger partial charge in [-0.25, -0.2) is 0 Å². The first-order valence-electron chi connectivity index (χ1n) is 3.95. The number of unbranched alkanes of at least 4 members (excludes halogenated alkanes) is 1. The molecule has 0 amide bonds. The van der Waals surface area contributed by atoms with Gasteiger partial charge in [0.25, 0.3) is 0 Å². The maximum absolute atomic E-state index is 10.4. The first kappa shape index (κ1) is 13.6. The number of carboxylic acid groups (broad SMARTS) is 1. The van der Waals surface area contributed by atoms with E-state index in [1.807, 2.05) is 6.92 Å². The average Bonchev–Trinajstić information content (AvgIpc) is 1.89. The normalized spacial score (nSPS) is 11.8. The smallest absolute Gasteiger partial charge is 0.306 e. The van der Waals surface area contributed by atoms with Crippen molar-refractivity contribution >= 4 is 23.6 Å². The van der Waals surface area contributed by atoms with Gasteiger partial charge >= 0.3 is 5.97 Å². The van der Waals surface area contributed by atoms with Crippen LogP contribution in [0, 0.1) is 5.92 Å². The van der Waals surface area contributed by atoms with E-state index in [0.29, 0.717) is 0 Å². The van der Waals surface area contributed by atoms with Crippen LogP contribution in [-0.4, -0.2) is 28.7 Å². The molecule has 2 nitrogen and oxygen atoms in total. The zero-order valence-corrected chi connectivity index (χ0v) is 9.36. The Morgan fingerprint density at radius 3 is 2.27 bits per heavy atom. The molecule has 1 atom stereocenters. The molecule has 0 spiro atoms. The van der Waals surface area contributed by atoms with Crippen molar-refractivity contribution in [2.45, 2.75) is 39.5 Å². The molecule has 0 fully saturated rings. The molecule has 0 aromatic carbocycles. The van der Waals surface area contributed by atoms with E-state index < -0.39 is 5.97 Å². The summed E-state index contributed by atoms with van der Waals surface area (Å²) in [4.78, 5) is 10.4. The number of carboxylic acids is 1. The monoisotopic (exact) mass is 218 g/mol. The van der Waals surface area contributed by atoms with Crippen LogP contribution in [0.25, 0.3) is 0 Å². The molecule has 0 aliphatic carbocycles. The van der Waals surface area contributed by atoms with Crippen molar-refractivity contribution in [3.05, 3.63) is 0 Å². The average molecular weight is 217 g/mol. The fourth-order valence-corrected chi connectivity index (χ4v) is 0.953. The third kappa shape index (κ3) is 6.41. The van der Waals surface area contributed by atoms with Crippen LogP contribution in [0.1, 0.15) is 39.5 Å².